The highest BCUT2D eigenvalue weighted by molar-refractivity contribution is 5.75. The zero-order valence-electron chi connectivity index (χ0n) is 12.3. The maximum absolute atomic E-state index is 11.6. The molecule has 0 radical (unpaired) electrons. The number of hydrogen-bond acceptors (Lipinski definition) is 5. The molecule has 9 nitrogen and oxygen atoms in total. The Labute approximate surface area is 131 Å². The second-order valence-electron chi connectivity index (χ2n) is 5.48. The van der Waals surface area contributed by atoms with Crippen molar-refractivity contribution in [3.8, 4) is 0 Å². The Kier molecular flexibility index (Phi) is 4.11. The molecule has 0 unspecified atom stereocenters. The van der Waals surface area contributed by atoms with Crippen LogP contribution in [0.2, 0.25) is 0 Å². The molecule has 0 aromatic carbocycles. The number of nitrogens with one attached hydrogen (secondary N) is 1. The molecule has 0 spiro atoms. The average Bonchev–Trinajstić information content (AvgIpc) is 3.13. The number of hydrogen-bond donors (Lipinski definition) is 3. The lowest BCUT2D eigenvalue weighted by Crippen LogP contribution is -2.39. The smallest absolute Gasteiger partial charge is 0.327 e. The minimum absolute atomic E-state index is 0.000779. The van der Waals surface area contributed by atoms with Crippen LogP contribution in [0.1, 0.15) is 29.4 Å². The van der Waals surface area contributed by atoms with E-state index in [0.717, 1.165) is 11.3 Å². The first-order valence-corrected chi connectivity index (χ1v) is 7.26. The Bertz CT molecular complexity index is 722. The largest absolute Gasteiger partial charge is 0.481 e. The van der Waals surface area contributed by atoms with Gasteiger partial charge in [-0.25, -0.2) is 4.98 Å². The molecule has 3 N–H and O–H groups in total. The number of carboxylic acids is 2. The molecule has 1 atom stereocenters. The molecule has 0 amide bonds. The third kappa shape index (κ3) is 3.24. The van der Waals surface area contributed by atoms with E-state index >= 15 is 0 Å². The van der Waals surface area contributed by atoms with Gasteiger partial charge in [-0.3, -0.25) is 19.2 Å². The zero-order valence-corrected chi connectivity index (χ0v) is 12.3. The van der Waals surface area contributed by atoms with Crippen LogP contribution < -0.4 is 0 Å². The van der Waals surface area contributed by atoms with Gasteiger partial charge in [-0.05, 0) is 0 Å². The van der Waals surface area contributed by atoms with E-state index in [4.69, 9.17) is 5.11 Å². The molecule has 0 fully saturated rings. The van der Waals surface area contributed by atoms with Crippen molar-refractivity contribution < 1.29 is 19.8 Å². The molecular weight excluding hydrogens is 302 g/mol. The van der Waals surface area contributed by atoms with Gasteiger partial charge in [0.05, 0.1) is 31.2 Å². The number of carbonyl (C=O) groups is 2. The van der Waals surface area contributed by atoms with Gasteiger partial charge in [-0.1, -0.05) is 0 Å². The Morgan fingerprint density at radius 3 is 2.96 bits per heavy atom. The van der Waals surface area contributed by atoms with E-state index in [1.54, 1.807) is 17.1 Å². The summed E-state index contributed by atoms with van der Waals surface area (Å²) in [5, 5.41) is 22.3. The van der Waals surface area contributed by atoms with Gasteiger partial charge >= 0.3 is 11.9 Å². The Balaban J connectivity index is 1.72. The van der Waals surface area contributed by atoms with Crippen molar-refractivity contribution in [1.82, 2.24) is 24.6 Å². The van der Waals surface area contributed by atoms with Gasteiger partial charge in [-0.15, -0.1) is 0 Å². The van der Waals surface area contributed by atoms with Gasteiger partial charge in [0.15, 0.2) is 6.04 Å². The topological polar surface area (TPSA) is 124 Å². The predicted molar refractivity (Wildman–Crippen MR) is 77.6 cm³/mol. The van der Waals surface area contributed by atoms with E-state index in [1.807, 2.05) is 4.90 Å². The van der Waals surface area contributed by atoms with Crippen molar-refractivity contribution in [2.45, 2.75) is 32.0 Å². The Hall–Kier alpha value is -2.68. The fourth-order valence-electron chi connectivity index (χ4n) is 2.82. The Morgan fingerprint density at radius 2 is 2.22 bits per heavy atom. The molecule has 1 aliphatic rings. The summed E-state index contributed by atoms with van der Waals surface area (Å²) in [6, 6.07) is -0.785. The number of aromatic nitrogens is 4. The van der Waals surface area contributed by atoms with E-state index in [9.17, 15) is 14.7 Å². The molecule has 0 bridgehead atoms. The number of aryl methyl sites for hydroxylation is 1. The fraction of sp³-hybridized carbons (Fsp3) is 0.429. The first-order valence-electron chi connectivity index (χ1n) is 7.26. The van der Waals surface area contributed by atoms with Crippen LogP contribution in [0.15, 0.2) is 18.7 Å². The van der Waals surface area contributed by atoms with Gasteiger partial charge in [0, 0.05) is 37.0 Å². The minimum Gasteiger partial charge on any atom is -0.481 e. The molecule has 1 aliphatic heterocycles. The van der Waals surface area contributed by atoms with E-state index in [2.05, 4.69) is 15.1 Å². The summed E-state index contributed by atoms with van der Waals surface area (Å²) in [6.07, 6.45) is 5.63. The van der Waals surface area contributed by atoms with Crippen LogP contribution in [-0.2, 0) is 29.1 Å². The number of aliphatic carboxylic acids is 2. The summed E-state index contributed by atoms with van der Waals surface area (Å²) in [7, 11) is 0. The molecule has 0 saturated heterocycles. The normalized spacial score (nSPS) is 17.8. The van der Waals surface area contributed by atoms with Crippen LogP contribution in [0.5, 0.6) is 0 Å². The molecule has 23 heavy (non-hydrogen) atoms. The fourth-order valence-corrected chi connectivity index (χ4v) is 2.82. The van der Waals surface area contributed by atoms with Gasteiger partial charge in [0.2, 0.25) is 0 Å². The second-order valence-corrected chi connectivity index (χ2v) is 5.48. The van der Waals surface area contributed by atoms with Crippen molar-refractivity contribution in [2.75, 3.05) is 6.54 Å². The Morgan fingerprint density at radius 1 is 1.39 bits per heavy atom. The maximum atomic E-state index is 11.6. The van der Waals surface area contributed by atoms with E-state index < -0.39 is 18.0 Å². The average molecular weight is 319 g/mol. The first kappa shape index (κ1) is 15.2. The number of imidazole rings is 1. The lowest BCUT2D eigenvalue weighted by Gasteiger charge is -2.31. The second kappa shape index (κ2) is 6.21. The van der Waals surface area contributed by atoms with Crippen LogP contribution in [-0.4, -0.2) is 53.3 Å². The number of aromatic amines is 1. The van der Waals surface area contributed by atoms with Crippen molar-refractivity contribution in [1.29, 1.82) is 0 Å². The highest BCUT2D eigenvalue weighted by atomic mass is 16.4. The summed E-state index contributed by atoms with van der Waals surface area (Å²) >= 11 is 0. The summed E-state index contributed by atoms with van der Waals surface area (Å²) in [4.78, 5) is 31.2. The summed E-state index contributed by atoms with van der Waals surface area (Å²) in [6.45, 7) is 1.32. The number of H-pyrrole nitrogens is 1. The third-order valence-electron chi connectivity index (χ3n) is 3.89. The van der Waals surface area contributed by atoms with Crippen molar-refractivity contribution in [3.63, 3.8) is 0 Å². The maximum Gasteiger partial charge on any atom is 0.327 e. The van der Waals surface area contributed by atoms with Crippen LogP contribution in [0, 0.1) is 0 Å². The van der Waals surface area contributed by atoms with Crippen LogP contribution in [0.4, 0.5) is 0 Å². The van der Waals surface area contributed by atoms with E-state index in [1.165, 1.54) is 6.33 Å². The van der Waals surface area contributed by atoms with Crippen LogP contribution in [0.3, 0.4) is 0 Å². The molecule has 2 aromatic heterocycles. The summed E-state index contributed by atoms with van der Waals surface area (Å²) in [5.41, 5.74) is 2.27. The molecule has 9 heteroatoms. The van der Waals surface area contributed by atoms with Gasteiger partial charge < -0.3 is 15.2 Å². The zero-order chi connectivity index (χ0) is 16.4. The standard InChI is InChI=1S/C14H17N5O4/c20-11(21)2-4-19-7-9(5-17-19)6-18-3-1-10-12(16-8-15-10)13(18)14(22)23/h5,7-8,13H,1-4,6H2,(H,15,16)(H,20,21)(H,22,23)/t13-/m1/s1. The van der Waals surface area contributed by atoms with E-state index in [0.29, 0.717) is 31.7 Å². The number of rotatable bonds is 6. The molecule has 3 heterocycles. The van der Waals surface area contributed by atoms with Crippen LogP contribution in [0.25, 0.3) is 0 Å². The van der Waals surface area contributed by atoms with Crippen molar-refractivity contribution in [2.24, 2.45) is 0 Å². The van der Waals surface area contributed by atoms with Crippen molar-refractivity contribution in [3.05, 3.63) is 35.7 Å². The van der Waals surface area contributed by atoms with Gasteiger partial charge in [-0.2, -0.15) is 5.10 Å². The molecule has 3 rings (SSSR count). The molecule has 2 aromatic rings. The minimum atomic E-state index is -0.934. The number of fused-ring (bicyclic) bond motifs is 1. The van der Waals surface area contributed by atoms with Crippen LogP contribution >= 0.6 is 0 Å². The monoisotopic (exact) mass is 319 g/mol. The van der Waals surface area contributed by atoms with E-state index in [-0.39, 0.29) is 6.42 Å². The first-order chi connectivity index (χ1) is 11.0. The van der Waals surface area contributed by atoms with Gasteiger partial charge in [0.1, 0.15) is 0 Å². The molecule has 0 aliphatic carbocycles. The van der Waals surface area contributed by atoms with Gasteiger partial charge in [0.25, 0.3) is 0 Å². The molecule has 122 valence electrons. The highest BCUT2D eigenvalue weighted by Crippen LogP contribution is 2.28. The summed E-state index contributed by atoms with van der Waals surface area (Å²) in [5.74, 6) is -1.81. The summed E-state index contributed by atoms with van der Waals surface area (Å²) < 4.78 is 1.56. The third-order valence-corrected chi connectivity index (χ3v) is 3.89. The molecule has 0 saturated carbocycles. The number of carboxylic acid groups (broad SMARTS) is 2. The predicted octanol–water partition coefficient (Wildman–Crippen LogP) is 0.265. The quantitative estimate of drug-likeness (QED) is 0.697. The lowest BCUT2D eigenvalue weighted by molar-refractivity contribution is -0.144. The lowest BCUT2D eigenvalue weighted by atomic mass is 10.0. The van der Waals surface area contributed by atoms with Crippen molar-refractivity contribution >= 4 is 11.9 Å². The number of nitrogens with zero attached hydrogens (tertiary/aromatic N) is 4. The highest BCUT2D eigenvalue weighted by Gasteiger charge is 2.35. The SMILES string of the molecule is O=C(O)CCn1cc(CN2CCc3[nH]cnc3[C@@H]2C(=O)O)cn1. The molecular formula is C14H17N5O4.